The van der Waals surface area contributed by atoms with Crippen LogP contribution in [0.1, 0.15) is 18.9 Å². The second-order valence-corrected chi connectivity index (χ2v) is 5.54. The van der Waals surface area contributed by atoms with E-state index in [0.717, 1.165) is 23.7 Å². The largest absolute Gasteiger partial charge is 0.481 e. The maximum atomic E-state index is 13.5. The van der Waals surface area contributed by atoms with Crippen molar-refractivity contribution in [3.63, 3.8) is 0 Å². The van der Waals surface area contributed by atoms with Crippen molar-refractivity contribution < 1.29 is 14.3 Å². The minimum atomic E-state index is -0.908. The molecule has 0 fully saturated rings. The Bertz CT molecular complexity index is 658. The Morgan fingerprint density at radius 2 is 2.19 bits per heavy atom. The van der Waals surface area contributed by atoms with Gasteiger partial charge in [0.05, 0.1) is 5.75 Å². The molecule has 2 rings (SSSR count). The molecule has 0 unspecified atom stereocenters. The molecule has 1 heterocycles. The van der Waals surface area contributed by atoms with Crippen molar-refractivity contribution in [2.24, 2.45) is 0 Å². The van der Waals surface area contributed by atoms with Crippen LogP contribution in [0.15, 0.2) is 23.4 Å². The number of hydrogen-bond donors (Lipinski definition) is 1. The molecule has 0 aliphatic carbocycles. The first-order valence-corrected chi connectivity index (χ1v) is 7.55. The third-order valence-electron chi connectivity index (χ3n) is 2.93. The standard InChI is InChI=1S/C14H16FN3O2S/c1-3-6-18-13(11-7-10(15)5-4-9(11)2)16-17-14(18)21-8-12(19)20/h4-5,7H,3,6,8H2,1-2H3,(H,19,20). The van der Waals surface area contributed by atoms with Crippen molar-refractivity contribution >= 4 is 17.7 Å². The van der Waals surface area contributed by atoms with Crippen LogP contribution in [-0.2, 0) is 11.3 Å². The lowest BCUT2D eigenvalue weighted by atomic mass is 10.1. The zero-order valence-electron chi connectivity index (χ0n) is 11.8. The van der Waals surface area contributed by atoms with Crippen LogP contribution in [0.2, 0.25) is 0 Å². The van der Waals surface area contributed by atoms with Gasteiger partial charge in [-0.05, 0) is 31.0 Å². The summed E-state index contributed by atoms with van der Waals surface area (Å²) in [5.74, 6) is -0.748. The maximum Gasteiger partial charge on any atom is 0.313 e. The molecule has 0 spiro atoms. The summed E-state index contributed by atoms with van der Waals surface area (Å²) in [4.78, 5) is 10.7. The van der Waals surface area contributed by atoms with E-state index in [9.17, 15) is 9.18 Å². The molecule has 0 aliphatic rings. The fraction of sp³-hybridized carbons (Fsp3) is 0.357. The molecule has 1 aromatic carbocycles. The van der Waals surface area contributed by atoms with Crippen LogP contribution in [0.5, 0.6) is 0 Å². The molecule has 21 heavy (non-hydrogen) atoms. The summed E-state index contributed by atoms with van der Waals surface area (Å²) < 4.78 is 15.3. The van der Waals surface area contributed by atoms with E-state index in [-0.39, 0.29) is 11.6 Å². The quantitative estimate of drug-likeness (QED) is 0.831. The predicted molar refractivity (Wildman–Crippen MR) is 78.8 cm³/mol. The van der Waals surface area contributed by atoms with E-state index in [4.69, 9.17) is 5.11 Å². The second kappa shape index (κ2) is 6.71. The van der Waals surface area contributed by atoms with E-state index in [2.05, 4.69) is 10.2 Å². The van der Waals surface area contributed by atoms with Crippen molar-refractivity contribution in [3.8, 4) is 11.4 Å². The van der Waals surface area contributed by atoms with Gasteiger partial charge in [-0.15, -0.1) is 10.2 Å². The molecular weight excluding hydrogens is 293 g/mol. The zero-order valence-corrected chi connectivity index (χ0v) is 12.7. The summed E-state index contributed by atoms with van der Waals surface area (Å²) in [6.07, 6.45) is 0.847. The highest BCUT2D eigenvalue weighted by atomic mass is 32.2. The number of halogens is 1. The van der Waals surface area contributed by atoms with Gasteiger partial charge in [0, 0.05) is 12.1 Å². The van der Waals surface area contributed by atoms with Crippen LogP contribution in [0.3, 0.4) is 0 Å². The number of thioether (sulfide) groups is 1. The lowest BCUT2D eigenvalue weighted by molar-refractivity contribution is -0.133. The number of aliphatic carboxylic acids is 1. The van der Waals surface area contributed by atoms with Gasteiger partial charge in [0.15, 0.2) is 11.0 Å². The lowest BCUT2D eigenvalue weighted by Gasteiger charge is -2.10. The third-order valence-corrected chi connectivity index (χ3v) is 3.88. The number of hydrogen-bond acceptors (Lipinski definition) is 4. The van der Waals surface area contributed by atoms with Crippen molar-refractivity contribution in [2.75, 3.05) is 5.75 Å². The van der Waals surface area contributed by atoms with Crippen LogP contribution in [0.4, 0.5) is 4.39 Å². The highest BCUT2D eigenvalue weighted by Gasteiger charge is 2.16. The Morgan fingerprint density at radius 3 is 2.86 bits per heavy atom. The number of nitrogens with zero attached hydrogens (tertiary/aromatic N) is 3. The first-order valence-electron chi connectivity index (χ1n) is 6.57. The first kappa shape index (κ1) is 15.5. The minimum absolute atomic E-state index is 0.0794. The van der Waals surface area contributed by atoms with Gasteiger partial charge in [0.1, 0.15) is 5.82 Å². The number of benzene rings is 1. The second-order valence-electron chi connectivity index (χ2n) is 4.60. The van der Waals surface area contributed by atoms with Gasteiger partial charge in [0.2, 0.25) is 0 Å². The lowest BCUT2D eigenvalue weighted by Crippen LogP contribution is -2.05. The summed E-state index contributed by atoms with van der Waals surface area (Å²) in [7, 11) is 0. The number of aromatic nitrogens is 3. The molecule has 2 aromatic rings. The molecule has 1 N–H and O–H groups in total. The topological polar surface area (TPSA) is 68.0 Å². The van der Waals surface area contributed by atoms with Crippen LogP contribution >= 0.6 is 11.8 Å². The van der Waals surface area contributed by atoms with Gasteiger partial charge >= 0.3 is 5.97 Å². The highest BCUT2D eigenvalue weighted by Crippen LogP contribution is 2.27. The van der Waals surface area contributed by atoms with E-state index in [0.29, 0.717) is 23.1 Å². The molecule has 0 radical (unpaired) electrons. The fourth-order valence-corrected chi connectivity index (χ4v) is 2.67. The SMILES string of the molecule is CCCn1c(SCC(=O)O)nnc1-c1cc(F)ccc1C. The van der Waals surface area contributed by atoms with Crippen molar-refractivity contribution in [1.29, 1.82) is 0 Å². The maximum absolute atomic E-state index is 13.5. The molecule has 0 bridgehead atoms. The van der Waals surface area contributed by atoms with E-state index in [1.165, 1.54) is 12.1 Å². The smallest absolute Gasteiger partial charge is 0.313 e. The summed E-state index contributed by atoms with van der Waals surface area (Å²) >= 11 is 1.12. The normalized spacial score (nSPS) is 10.8. The third kappa shape index (κ3) is 3.60. The summed E-state index contributed by atoms with van der Waals surface area (Å²) in [6.45, 7) is 4.54. The average molecular weight is 309 g/mol. The molecule has 0 saturated heterocycles. The summed E-state index contributed by atoms with van der Waals surface area (Å²) in [5, 5.41) is 17.5. The molecule has 5 nitrogen and oxygen atoms in total. The summed E-state index contributed by atoms with van der Waals surface area (Å²) in [6, 6.07) is 4.52. The summed E-state index contributed by atoms with van der Waals surface area (Å²) in [5.41, 5.74) is 1.58. The van der Waals surface area contributed by atoms with Crippen LogP contribution in [0, 0.1) is 12.7 Å². The van der Waals surface area contributed by atoms with Crippen molar-refractivity contribution in [3.05, 3.63) is 29.6 Å². The monoisotopic (exact) mass is 309 g/mol. The predicted octanol–water partition coefficient (Wildman–Crippen LogP) is 2.98. The Hall–Kier alpha value is -1.89. The van der Waals surface area contributed by atoms with Gasteiger partial charge in [-0.3, -0.25) is 4.79 Å². The van der Waals surface area contributed by atoms with E-state index in [1.54, 1.807) is 6.07 Å². The fourth-order valence-electron chi connectivity index (χ4n) is 1.98. The molecule has 0 amide bonds. The Morgan fingerprint density at radius 1 is 1.43 bits per heavy atom. The van der Waals surface area contributed by atoms with Gasteiger partial charge < -0.3 is 9.67 Å². The van der Waals surface area contributed by atoms with Crippen molar-refractivity contribution in [2.45, 2.75) is 32.0 Å². The van der Waals surface area contributed by atoms with E-state index in [1.807, 2.05) is 18.4 Å². The number of carbonyl (C=O) groups is 1. The molecule has 112 valence electrons. The first-order chi connectivity index (χ1) is 10.0. The van der Waals surface area contributed by atoms with Gasteiger partial charge in [-0.25, -0.2) is 4.39 Å². The number of carboxylic acid groups (broad SMARTS) is 1. The molecule has 0 saturated carbocycles. The molecule has 0 aliphatic heterocycles. The Kier molecular flexibility index (Phi) is 4.95. The molecule has 0 atom stereocenters. The number of aryl methyl sites for hydroxylation is 1. The molecular formula is C14H16FN3O2S. The molecule has 1 aromatic heterocycles. The van der Waals surface area contributed by atoms with Crippen molar-refractivity contribution in [1.82, 2.24) is 14.8 Å². The van der Waals surface area contributed by atoms with E-state index >= 15 is 0 Å². The van der Waals surface area contributed by atoms with Gasteiger partial charge in [0.25, 0.3) is 0 Å². The zero-order chi connectivity index (χ0) is 15.4. The van der Waals surface area contributed by atoms with Crippen LogP contribution < -0.4 is 0 Å². The number of rotatable bonds is 6. The average Bonchev–Trinajstić information content (AvgIpc) is 2.82. The minimum Gasteiger partial charge on any atom is -0.481 e. The van der Waals surface area contributed by atoms with Crippen LogP contribution in [-0.4, -0.2) is 31.6 Å². The van der Waals surface area contributed by atoms with Crippen LogP contribution in [0.25, 0.3) is 11.4 Å². The number of carboxylic acids is 1. The highest BCUT2D eigenvalue weighted by molar-refractivity contribution is 7.99. The Labute approximate surface area is 126 Å². The van der Waals surface area contributed by atoms with Gasteiger partial charge in [-0.1, -0.05) is 24.8 Å². The van der Waals surface area contributed by atoms with Gasteiger partial charge in [-0.2, -0.15) is 0 Å². The van der Waals surface area contributed by atoms with E-state index < -0.39 is 5.97 Å². The Balaban J connectivity index is 2.43. The molecule has 7 heteroatoms.